The van der Waals surface area contributed by atoms with Crippen LogP contribution in [0.2, 0.25) is 5.02 Å². The summed E-state index contributed by atoms with van der Waals surface area (Å²) in [6.45, 7) is 1.22. The zero-order valence-corrected chi connectivity index (χ0v) is 16.0. The van der Waals surface area contributed by atoms with Crippen molar-refractivity contribution in [1.82, 2.24) is 0 Å². The molecule has 0 radical (unpaired) electrons. The minimum atomic E-state index is -1.58. The van der Waals surface area contributed by atoms with Crippen LogP contribution >= 0.6 is 11.6 Å². The minimum Gasteiger partial charge on any atom is -0.462 e. The van der Waals surface area contributed by atoms with Gasteiger partial charge in [0.05, 0.1) is 17.0 Å². The Morgan fingerprint density at radius 3 is 2.59 bits per heavy atom. The third-order valence-electron chi connectivity index (χ3n) is 5.08. The van der Waals surface area contributed by atoms with Gasteiger partial charge in [0.15, 0.2) is 0 Å². The molecule has 1 fully saturated rings. The van der Waals surface area contributed by atoms with E-state index in [-0.39, 0.29) is 16.4 Å². The maximum Gasteiger partial charge on any atom is 0.344 e. The van der Waals surface area contributed by atoms with Crippen molar-refractivity contribution in [3.05, 3.63) is 51.3 Å². The first-order valence-electron chi connectivity index (χ1n) is 8.94. The Balaban J connectivity index is 1.76. The molecule has 0 bridgehead atoms. The summed E-state index contributed by atoms with van der Waals surface area (Å²) in [5, 5.41) is 41.0. The molecule has 0 saturated carbocycles. The van der Waals surface area contributed by atoms with E-state index >= 15 is 0 Å². The lowest BCUT2D eigenvalue weighted by Crippen LogP contribution is -2.60. The molecule has 0 spiro atoms. The van der Waals surface area contributed by atoms with Crippen molar-refractivity contribution in [2.75, 3.05) is 6.61 Å². The van der Waals surface area contributed by atoms with Gasteiger partial charge in [-0.2, -0.15) is 0 Å². The molecule has 5 atom stereocenters. The smallest absolute Gasteiger partial charge is 0.344 e. The topological polar surface area (TPSA) is 130 Å². The van der Waals surface area contributed by atoms with Crippen LogP contribution < -0.4 is 10.4 Å². The van der Waals surface area contributed by atoms with E-state index in [9.17, 15) is 25.2 Å². The van der Waals surface area contributed by atoms with Gasteiger partial charge in [-0.15, -0.1) is 0 Å². The van der Waals surface area contributed by atoms with Crippen LogP contribution in [0.3, 0.4) is 0 Å². The van der Waals surface area contributed by atoms with Gasteiger partial charge in [0.2, 0.25) is 6.29 Å². The first kappa shape index (κ1) is 20.1. The average Bonchev–Trinajstić information content (AvgIpc) is 2.68. The van der Waals surface area contributed by atoms with Crippen LogP contribution in [0.5, 0.6) is 5.75 Å². The summed E-state index contributed by atoms with van der Waals surface area (Å²) >= 11 is 6.43. The maximum atomic E-state index is 12.4. The van der Waals surface area contributed by atoms with E-state index in [0.29, 0.717) is 16.2 Å². The van der Waals surface area contributed by atoms with E-state index < -0.39 is 42.9 Å². The normalized spacial score (nSPS) is 27.4. The molecule has 9 heteroatoms. The van der Waals surface area contributed by atoms with Crippen molar-refractivity contribution in [3.63, 3.8) is 0 Å². The van der Waals surface area contributed by atoms with Crippen LogP contribution in [0.4, 0.5) is 0 Å². The predicted molar refractivity (Wildman–Crippen MR) is 104 cm³/mol. The number of rotatable bonds is 3. The van der Waals surface area contributed by atoms with Crippen LogP contribution in [0.15, 0.2) is 39.5 Å². The molecule has 2 aromatic carbocycles. The lowest BCUT2D eigenvalue weighted by Gasteiger charge is -2.39. The van der Waals surface area contributed by atoms with E-state index in [1.165, 1.54) is 12.1 Å². The van der Waals surface area contributed by atoms with Crippen LogP contribution in [-0.2, 0) is 4.74 Å². The SMILES string of the molecule is Cc1cccc2c1c(=O)oc1cc(O[C@@H]3O[C@H](CO)[C@@H](O)[C@H](O)[C@H]3O)cc(Cl)c12. The van der Waals surface area contributed by atoms with Gasteiger partial charge in [0, 0.05) is 16.8 Å². The highest BCUT2D eigenvalue weighted by atomic mass is 35.5. The van der Waals surface area contributed by atoms with E-state index in [4.69, 9.17) is 25.5 Å². The molecule has 0 amide bonds. The lowest BCUT2D eigenvalue weighted by molar-refractivity contribution is -0.277. The fourth-order valence-electron chi connectivity index (χ4n) is 3.56. The number of benzene rings is 2. The second-order valence-corrected chi connectivity index (χ2v) is 7.39. The summed E-state index contributed by atoms with van der Waals surface area (Å²) in [5.41, 5.74) is 0.419. The highest BCUT2D eigenvalue weighted by Gasteiger charge is 2.44. The van der Waals surface area contributed by atoms with Crippen molar-refractivity contribution >= 4 is 33.3 Å². The molecular weight excluding hydrogens is 404 g/mol. The van der Waals surface area contributed by atoms with Crippen molar-refractivity contribution < 1.29 is 34.3 Å². The fourth-order valence-corrected chi connectivity index (χ4v) is 3.87. The molecule has 0 aliphatic carbocycles. The van der Waals surface area contributed by atoms with Crippen molar-refractivity contribution in [2.24, 2.45) is 0 Å². The molecule has 1 saturated heterocycles. The zero-order chi connectivity index (χ0) is 20.9. The number of aliphatic hydroxyl groups is 4. The van der Waals surface area contributed by atoms with Gasteiger partial charge in [-0.25, -0.2) is 4.79 Å². The average molecular weight is 423 g/mol. The predicted octanol–water partition coefficient (Wildman–Crippen LogP) is 1.09. The summed E-state index contributed by atoms with van der Waals surface area (Å²) in [5.74, 6) is 0.113. The van der Waals surface area contributed by atoms with Gasteiger partial charge in [-0.1, -0.05) is 29.8 Å². The number of hydrogen-bond donors (Lipinski definition) is 4. The Hall–Kier alpha value is -2.20. The molecule has 1 aliphatic heterocycles. The highest BCUT2D eigenvalue weighted by Crippen LogP contribution is 2.35. The largest absolute Gasteiger partial charge is 0.462 e. The highest BCUT2D eigenvalue weighted by molar-refractivity contribution is 6.37. The number of halogens is 1. The summed E-state index contributed by atoms with van der Waals surface area (Å²) in [6, 6.07) is 8.27. The summed E-state index contributed by atoms with van der Waals surface area (Å²) in [4.78, 5) is 12.4. The Bertz CT molecular complexity index is 1120. The molecule has 1 aromatic heterocycles. The zero-order valence-electron chi connectivity index (χ0n) is 15.3. The molecule has 4 N–H and O–H groups in total. The molecule has 0 unspecified atom stereocenters. The van der Waals surface area contributed by atoms with Gasteiger partial charge < -0.3 is 34.3 Å². The van der Waals surface area contributed by atoms with E-state index in [1.54, 1.807) is 19.1 Å². The van der Waals surface area contributed by atoms with Crippen molar-refractivity contribution in [3.8, 4) is 5.75 Å². The molecule has 4 rings (SSSR count). The summed E-state index contributed by atoms with van der Waals surface area (Å²) in [6.07, 6.45) is -7.14. The lowest BCUT2D eigenvalue weighted by atomic mass is 9.99. The monoisotopic (exact) mass is 422 g/mol. The van der Waals surface area contributed by atoms with Crippen LogP contribution in [0.25, 0.3) is 21.7 Å². The number of ether oxygens (including phenoxy) is 2. The second-order valence-electron chi connectivity index (χ2n) is 6.98. The first-order valence-corrected chi connectivity index (χ1v) is 9.32. The first-order chi connectivity index (χ1) is 13.8. The van der Waals surface area contributed by atoms with Gasteiger partial charge >= 0.3 is 5.63 Å². The maximum absolute atomic E-state index is 12.4. The number of hydrogen-bond acceptors (Lipinski definition) is 8. The molecule has 8 nitrogen and oxygen atoms in total. The van der Waals surface area contributed by atoms with E-state index in [2.05, 4.69) is 0 Å². The third-order valence-corrected chi connectivity index (χ3v) is 5.38. The number of aryl methyl sites for hydroxylation is 1. The molecule has 154 valence electrons. The quantitative estimate of drug-likeness (QED) is 0.364. The fraction of sp³-hybridized carbons (Fsp3) is 0.350. The molecule has 1 aliphatic rings. The number of fused-ring (bicyclic) bond motifs is 3. The van der Waals surface area contributed by atoms with Crippen molar-refractivity contribution in [2.45, 2.75) is 37.6 Å². The Morgan fingerprint density at radius 2 is 1.86 bits per heavy atom. The molecule has 2 heterocycles. The Labute approximate surface area is 169 Å². The van der Waals surface area contributed by atoms with Gasteiger partial charge in [-0.3, -0.25) is 0 Å². The van der Waals surface area contributed by atoms with Crippen LogP contribution in [0, 0.1) is 6.92 Å². The molecular formula is C20H19ClO8. The second kappa shape index (κ2) is 7.56. The van der Waals surface area contributed by atoms with Crippen LogP contribution in [-0.4, -0.2) is 57.7 Å². The van der Waals surface area contributed by atoms with Gasteiger partial charge in [-0.05, 0) is 18.6 Å². The van der Waals surface area contributed by atoms with E-state index in [0.717, 1.165) is 5.56 Å². The van der Waals surface area contributed by atoms with Gasteiger partial charge in [0.1, 0.15) is 35.7 Å². The van der Waals surface area contributed by atoms with Gasteiger partial charge in [0.25, 0.3) is 0 Å². The number of aliphatic hydroxyl groups excluding tert-OH is 4. The van der Waals surface area contributed by atoms with Crippen LogP contribution in [0.1, 0.15) is 5.56 Å². The Morgan fingerprint density at radius 1 is 1.10 bits per heavy atom. The summed E-state index contributed by atoms with van der Waals surface area (Å²) in [7, 11) is 0. The van der Waals surface area contributed by atoms with Crippen molar-refractivity contribution in [1.29, 1.82) is 0 Å². The Kier molecular flexibility index (Phi) is 5.24. The minimum absolute atomic E-state index is 0.113. The summed E-state index contributed by atoms with van der Waals surface area (Å²) < 4.78 is 16.3. The molecule has 3 aromatic rings. The van der Waals surface area contributed by atoms with E-state index in [1.807, 2.05) is 6.07 Å². The standard InChI is InChI=1S/C20H19ClO8/c1-8-3-2-4-10-14(8)19(26)28-12-6-9(5-11(21)15(10)12)27-20-18(25)17(24)16(23)13(7-22)29-20/h2-6,13,16-18,20,22-25H,7H2,1H3/t13-,16-,17+,18-,20-/m1/s1. The molecule has 29 heavy (non-hydrogen) atoms. The third kappa shape index (κ3) is 3.38.